The topological polar surface area (TPSA) is 58.6 Å². The molecular formula is C16H22FNO3. The molecule has 2 N–H and O–H groups in total. The van der Waals surface area contributed by atoms with Gasteiger partial charge in [-0.15, -0.1) is 0 Å². The van der Waals surface area contributed by atoms with Gasteiger partial charge in [-0.1, -0.05) is 12.5 Å². The van der Waals surface area contributed by atoms with Crippen LogP contribution in [-0.2, 0) is 4.79 Å². The summed E-state index contributed by atoms with van der Waals surface area (Å²) in [5.41, 5.74) is -0.264. The van der Waals surface area contributed by atoms with Crippen molar-refractivity contribution in [3.8, 4) is 5.75 Å². The molecule has 0 saturated heterocycles. The number of carbonyl (C=O) groups is 1. The minimum Gasteiger partial charge on any atom is -0.493 e. The second-order valence-corrected chi connectivity index (χ2v) is 5.66. The van der Waals surface area contributed by atoms with E-state index in [2.05, 4.69) is 5.32 Å². The smallest absolute Gasteiger partial charge is 0.324 e. The Bertz CT molecular complexity index is 520. The fourth-order valence-electron chi connectivity index (χ4n) is 3.17. The first-order valence-electron chi connectivity index (χ1n) is 7.31. The van der Waals surface area contributed by atoms with E-state index in [1.165, 1.54) is 6.07 Å². The lowest BCUT2D eigenvalue weighted by Crippen LogP contribution is -2.53. The number of aliphatic carboxylic acids is 1. The first-order valence-corrected chi connectivity index (χ1v) is 7.31. The molecular weight excluding hydrogens is 273 g/mol. The molecule has 4 nitrogen and oxygen atoms in total. The zero-order valence-corrected chi connectivity index (χ0v) is 12.5. The van der Waals surface area contributed by atoms with Crippen molar-refractivity contribution >= 4 is 5.97 Å². The average Bonchev–Trinajstić information content (AvgIpc) is 2.87. The number of hydrogen-bond acceptors (Lipinski definition) is 3. The molecule has 0 aromatic heterocycles. The van der Waals surface area contributed by atoms with Gasteiger partial charge in [0.15, 0.2) is 0 Å². The van der Waals surface area contributed by atoms with Crippen molar-refractivity contribution in [1.82, 2.24) is 5.32 Å². The number of hydrogen-bond donors (Lipinski definition) is 2. The van der Waals surface area contributed by atoms with Gasteiger partial charge in [-0.25, -0.2) is 4.39 Å². The number of halogens is 1. The number of ether oxygens (including phenoxy) is 1. The molecule has 1 aliphatic rings. The molecule has 1 aromatic carbocycles. The maximum Gasteiger partial charge on any atom is 0.324 e. The molecule has 2 rings (SSSR count). The number of nitrogens with one attached hydrogen (secondary N) is 1. The van der Waals surface area contributed by atoms with Crippen molar-refractivity contribution in [2.45, 2.75) is 38.1 Å². The highest BCUT2D eigenvalue weighted by molar-refractivity contribution is 5.79. The van der Waals surface area contributed by atoms with Crippen LogP contribution in [0.5, 0.6) is 5.75 Å². The number of carboxylic acid groups (broad SMARTS) is 1. The SMILES string of the molecule is CNC1(C(=O)O)CCCC1CCOc1ccc(C)c(F)c1. The molecule has 1 aromatic rings. The molecule has 1 fully saturated rings. The van der Waals surface area contributed by atoms with Crippen molar-refractivity contribution in [2.75, 3.05) is 13.7 Å². The molecule has 5 heteroatoms. The highest BCUT2D eigenvalue weighted by Gasteiger charge is 2.47. The lowest BCUT2D eigenvalue weighted by Gasteiger charge is -2.30. The quantitative estimate of drug-likeness (QED) is 0.847. The summed E-state index contributed by atoms with van der Waals surface area (Å²) in [7, 11) is 1.70. The molecule has 0 spiro atoms. The first kappa shape index (κ1) is 15.8. The second-order valence-electron chi connectivity index (χ2n) is 5.66. The molecule has 0 aliphatic heterocycles. The fraction of sp³-hybridized carbons (Fsp3) is 0.562. The van der Waals surface area contributed by atoms with E-state index in [4.69, 9.17) is 4.74 Å². The maximum absolute atomic E-state index is 13.4. The van der Waals surface area contributed by atoms with Crippen molar-refractivity contribution in [3.63, 3.8) is 0 Å². The highest BCUT2D eigenvalue weighted by atomic mass is 19.1. The first-order chi connectivity index (χ1) is 9.99. The Kier molecular flexibility index (Phi) is 4.83. The Hall–Kier alpha value is -1.62. The summed E-state index contributed by atoms with van der Waals surface area (Å²) in [5, 5.41) is 12.4. The molecule has 1 aliphatic carbocycles. The number of aryl methyl sites for hydroxylation is 1. The minimum absolute atomic E-state index is 0.0373. The Morgan fingerprint density at radius 2 is 2.33 bits per heavy atom. The predicted octanol–water partition coefficient (Wildman–Crippen LogP) is 2.75. The number of likely N-dealkylation sites (N-methyl/N-ethyl adjacent to an activating group) is 1. The summed E-state index contributed by atoms with van der Waals surface area (Å²) in [5.74, 6) is -0.561. The van der Waals surface area contributed by atoms with Gasteiger partial charge in [0.05, 0.1) is 6.61 Å². The van der Waals surface area contributed by atoms with E-state index < -0.39 is 11.5 Å². The molecule has 116 valence electrons. The zero-order chi connectivity index (χ0) is 15.5. The summed E-state index contributed by atoms with van der Waals surface area (Å²) in [6.07, 6.45) is 3.06. The van der Waals surface area contributed by atoms with E-state index in [9.17, 15) is 14.3 Å². The summed E-state index contributed by atoms with van der Waals surface area (Å²) >= 11 is 0. The second kappa shape index (κ2) is 6.43. The number of carboxylic acids is 1. The summed E-state index contributed by atoms with van der Waals surface area (Å²) in [6.45, 7) is 2.09. The van der Waals surface area contributed by atoms with E-state index in [-0.39, 0.29) is 11.7 Å². The number of rotatable bonds is 6. The Labute approximate surface area is 124 Å². The van der Waals surface area contributed by atoms with Gasteiger partial charge in [0, 0.05) is 6.07 Å². The van der Waals surface area contributed by atoms with Crippen LogP contribution in [0.25, 0.3) is 0 Å². The molecule has 0 bridgehead atoms. The Balaban J connectivity index is 1.93. The summed E-state index contributed by atoms with van der Waals surface area (Å²) in [6, 6.07) is 4.78. The van der Waals surface area contributed by atoms with Crippen molar-refractivity contribution in [1.29, 1.82) is 0 Å². The lowest BCUT2D eigenvalue weighted by atomic mass is 9.85. The van der Waals surface area contributed by atoms with Crippen molar-refractivity contribution in [3.05, 3.63) is 29.6 Å². The molecule has 21 heavy (non-hydrogen) atoms. The average molecular weight is 295 g/mol. The van der Waals surface area contributed by atoms with Crippen LogP contribution in [0.3, 0.4) is 0 Å². The molecule has 0 radical (unpaired) electrons. The van der Waals surface area contributed by atoms with E-state index in [1.54, 1.807) is 26.1 Å². The third kappa shape index (κ3) is 3.18. The van der Waals surface area contributed by atoms with E-state index in [1.807, 2.05) is 0 Å². The van der Waals surface area contributed by atoms with Crippen LogP contribution in [0.15, 0.2) is 18.2 Å². The van der Waals surface area contributed by atoms with Crippen LogP contribution >= 0.6 is 0 Å². The third-order valence-electron chi connectivity index (χ3n) is 4.53. The van der Waals surface area contributed by atoms with Gasteiger partial charge >= 0.3 is 5.97 Å². The van der Waals surface area contributed by atoms with Crippen molar-refractivity contribution < 1.29 is 19.0 Å². The standard InChI is InChI=1S/C16H22FNO3/c1-11-5-6-13(10-14(11)17)21-9-7-12-4-3-8-16(12,18-2)15(19)20/h5-6,10,12,18H,3-4,7-9H2,1-2H3,(H,19,20). The Morgan fingerprint density at radius 3 is 2.95 bits per heavy atom. The van der Waals surface area contributed by atoms with Gasteiger partial charge in [-0.3, -0.25) is 4.79 Å². The van der Waals surface area contributed by atoms with Gasteiger partial charge in [0.1, 0.15) is 17.1 Å². The van der Waals surface area contributed by atoms with Crippen LogP contribution in [-0.4, -0.2) is 30.3 Å². The van der Waals surface area contributed by atoms with Crippen LogP contribution in [0, 0.1) is 18.7 Å². The van der Waals surface area contributed by atoms with Gasteiger partial charge in [0.2, 0.25) is 0 Å². The van der Waals surface area contributed by atoms with E-state index in [0.29, 0.717) is 30.8 Å². The van der Waals surface area contributed by atoms with E-state index in [0.717, 1.165) is 12.8 Å². The van der Waals surface area contributed by atoms with Gasteiger partial charge in [-0.05, 0) is 50.8 Å². The molecule has 2 atom stereocenters. The lowest BCUT2D eigenvalue weighted by molar-refractivity contribution is -0.146. The third-order valence-corrected chi connectivity index (χ3v) is 4.53. The maximum atomic E-state index is 13.4. The Morgan fingerprint density at radius 1 is 1.57 bits per heavy atom. The van der Waals surface area contributed by atoms with Crippen LogP contribution in [0.4, 0.5) is 4.39 Å². The number of benzene rings is 1. The van der Waals surface area contributed by atoms with Gasteiger partial charge in [-0.2, -0.15) is 0 Å². The van der Waals surface area contributed by atoms with Crippen LogP contribution in [0.2, 0.25) is 0 Å². The van der Waals surface area contributed by atoms with Crippen molar-refractivity contribution in [2.24, 2.45) is 5.92 Å². The largest absolute Gasteiger partial charge is 0.493 e. The predicted molar refractivity (Wildman–Crippen MR) is 78.0 cm³/mol. The fourth-order valence-corrected chi connectivity index (χ4v) is 3.17. The molecule has 0 amide bonds. The monoisotopic (exact) mass is 295 g/mol. The summed E-state index contributed by atoms with van der Waals surface area (Å²) in [4.78, 5) is 11.5. The van der Waals surface area contributed by atoms with Gasteiger partial charge < -0.3 is 15.2 Å². The van der Waals surface area contributed by atoms with E-state index >= 15 is 0 Å². The van der Waals surface area contributed by atoms with Gasteiger partial charge in [0.25, 0.3) is 0 Å². The zero-order valence-electron chi connectivity index (χ0n) is 12.5. The normalized spacial score (nSPS) is 25.0. The van der Waals surface area contributed by atoms with Crippen LogP contribution in [0.1, 0.15) is 31.2 Å². The van der Waals surface area contributed by atoms with Crippen LogP contribution < -0.4 is 10.1 Å². The summed E-state index contributed by atoms with van der Waals surface area (Å²) < 4.78 is 19.0. The minimum atomic E-state index is -0.845. The molecule has 0 heterocycles. The molecule has 2 unspecified atom stereocenters. The highest BCUT2D eigenvalue weighted by Crippen LogP contribution is 2.38. The molecule has 1 saturated carbocycles.